The molecule has 0 spiro atoms. The molecule has 1 aliphatic carbocycles. The predicted molar refractivity (Wildman–Crippen MR) is 567 cm³/mol. The van der Waals surface area contributed by atoms with Crippen LogP contribution in [-0.2, 0) is 67.3 Å². The summed E-state index contributed by atoms with van der Waals surface area (Å²) in [4.78, 5) is 103. The SMILES string of the molecule is CN1C(=O)C(c2ccc(C3(O)CCC3)cc2)[C@@](C)(c2cc(-c3cccc(C#N)c3)cs2)N=C1N.CN1C(=O)C[C@@](C)(c2cncc(-c3cc(Cl)cc(Cl)c3)c2)N=C1N.CN1C(=O)[C@H](c2ccc3occc3c2)[C@@](C)(c2cc(-c3cccc(C#N)c3)cs2)N=C1N.Cc1c(Br)csc1[C@]1(C)CC(=O)N(C)C(N)=N1.NC1=NC(c2ccccc2)(c2ccccc2)C(=O)N1CC1CCN(S(=O)(=O)c2ccc(F)c(Cl)c2)CC1. The number of guanidine groups is 5. The van der Waals surface area contributed by atoms with Crippen molar-refractivity contribution in [2.24, 2.45) is 59.5 Å². The number of aliphatic imine (C=N–C) groups is 5. The van der Waals surface area contributed by atoms with Gasteiger partial charge < -0.3 is 38.2 Å². The number of hydrogen-bond acceptors (Lipinski definition) is 25. The summed E-state index contributed by atoms with van der Waals surface area (Å²) in [5, 5.41) is 37.1. The van der Waals surface area contributed by atoms with Gasteiger partial charge in [0.15, 0.2) is 35.3 Å². The lowest BCUT2D eigenvalue weighted by atomic mass is 9.73. The summed E-state index contributed by atoms with van der Waals surface area (Å²) in [5.41, 5.74) is 38.8. The van der Waals surface area contributed by atoms with E-state index in [0.717, 1.165) is 134 Å². The molecular formula is C107H102BrCl3FN19O9S4. The number of benzene rings is 8. The van der Waals surface area contributed by atoms with Gasteiger partial charge in [0.1, 0.15) is 28.0 Å². The lowest BCUT2D eigenvalue weighted by Crippen LogP contribution is -2.52. The van der Waals surface area contributed by atoms with Gasteiger partial charge in [0.2, 0.25) is 33.7 Å². The molecular weight excluding hydrogens is 2030 g/mol. The fourth-order valence-electron chi connectivity index (χ4n) is 18.9. The molecule has 13 aromatic rings. The largest absolute Gasteiger partial charge is 0.464 e. The van der Waals surface area contributed by atoms with Crippen LogP contribution in [0.4, 0.5) is 4.39 Å². The molecule has 1 saturated carbocycles. The normalized spacial score (nSPS) is 21.5. The highest BCUT2D eigenvalue weighted by atomic mass is 79.9. The van der Waals surface area contributed by atoms with Crippen LogP contribution in [0.5, 0.6) is 0 Å². The van der Waals surface area contributed by atoms with E-state index in [2.05, 4.69) is 43.0 Å². The molecule has 7 aliphatic rings. The number of rotatable bonds is 16. The molecule has 144 heavy (non-hydrogen) atoms. The molecule has 5 aromatic heterocycles. The number of likely N-dealkylation sites (N-methyl/N-ethyl adjacent to an activating group) is 2. The van der Waals surface area contributed by atoms with Gasteiger partial charge in [-0.25, -0.2) is 37.8 Å². The third-order valence-electron chi connectivity index (χ3n) is 27.5. The first-order valence-corrected chi connectivity index (χ1v) is 51.9. The van der Waals surface area contributed by atoms with E-state index >= 15 is 0 Å². The molecule has 28 nitrogen and oxygen atoms in total. The van der Waals surface area contributed by atoms with E-state index in [1.807, 2.05) is 227 Å². The summed E-state index contributed by atoms with van der Waals surface area (Å²) in [7, 11) is 2.75. The number of aliphatic hydroxyl groups is 1. The lowest BCUT2D eigenvalue weighted by Gasteiger charge is -2.40. The number of amides is 5. The van der Waals surface area contributed by atoms with E-state index < -0.39 is 61.0 Å². The van der Waals surface area contributed by atoms with E-state index in [4.69, 9.17) is 82.9 Å². The Balaban J connectivity index is 0.000000132. The number of halogens is 5. The summed E-state index contributed by atoms with van der Waals surface area (Å²) < 4.78 is 47.5. The maximum atomic E-state index is 14.0. The third kappa shape index (κ3) is 20.5. The second-order valence-corrected chi connectivity index (χ2v) is 43.8. The standard InChI is InChI=1S/C27H26ClFN4O3S.C27H26N4O2S.C25H20N4O2S.C17H16Cl2N4O.C11H14BrN3OS/c28-23-17-22(11-12-24(23)29)37(35,36)32-15-13-19(14-16-32)18-33-25(34)27(31-26(33)30,20-7-3-1-4-8-20)21-9-5-2-6-10-21;1-26(22-14-20(16-34-22)19-6-3-5-17(13-19)15-28)23(24(32)31(2)25(29)30-26)18-7-9-21(10-8-18)27(33)11-4-12-27;1-25(21-12-19(14-32-21)16-5-3-4-15(10-16)13-26)22(23(30)29(2)24(27)28-25)18-6-7-20-17(11-18)8-9-31-20;1-17(7-15(24)23(2)16(20)22-17)12-3-11(8-21-9-12)10-4-13(18)6-14(19)5-10;1-6-7(12)5-17-9(6)11(2)4-8(16)15(3)10(13)14-11/h1-12,17,19H,13-16,18H2,(H2,30,31);3,5-10,13-14,16,23,33H,4,11-12H2,1-2H3,(H2,29,30);3-12,14,22H,1-2H3,(H2,27,28);3-6,8-9H,7H2,1-2H3,(H2,20,22);5H,4H2,1-3H3,(H2,13,14)/t;23?,26-;22-,25+;17-;11-/m.1000/s1. The zero-order valence-electron chi connectivity index (χ0n) is 79.9. The quantitative estimate of drug-likeness (QED) is 0.0523. The molecule has 1 unspecified atom stereocenters. The molecule has 8 aromatic carbocycles. The van der Waals surface area contributed by atoms with Crippen LogP contribution in [0, 0.1) is 41.3 Å². The maximum absolute atomic E-state index is 14.0. The highest BCUT2D eigenvalue weighted by Gasteiger charge is 2.54. The van der Waals surface area contributed by atoms with Gasteiger partial charge in [-0.2, -0.15) is 14.8 Å². The zero-order chi connectivity index (χ0) is 103. The number of pyridine rings is 1. The predicted octanol–water partition coefficient (Wildman–Crippen LogP) is 18.9. The number of aromatic nitrogens is 1. The monoisotopic (exact) mass is 2130 g/mol. The number of piperidine rings is 1. The number of nitrogens with two attached hydrogens (primary N) is 5. The second-order valence-electron chi connectivity index (χ2n) is 37.1. The third-order valence-corrected chi connectivity index (χ3v) is 34.9. The van der Waals surface area contributed by atoms with Crippen molar-refractivity contribution in [3.05, 3.63) is 337 Å². The molecule has 5 amide bonds. The number of fused-ring (bicyclic) bond motifs is 1. The Morgan fingerprint density at radius 1 is 0.528 bits per heavy atom. The van der Waals surface area contributed by atoms with Gasteiger partial charge in [0.25, 0.3) is 5.91 Å². The minimum atomic E-state index is -3.81. The van der Waals surface area contributed by atoms with Gasteiger partial charge in [0.05, 0.1) is 75.3 Å². The van der Waals surface area contributed by atoms with Crippen molar-refractivity contribution in [3.63, 3.8) is 0 Å². The summed E-state index contributed by atoms with van der Waals surface area (Å²) in [6, 6.07) is 68.1. The Labute approximate surface area is 868 Å². The molecule has 6 aliphatic heterocycles. The molecule has 738 valence electrons. The van der Waals surface area contributed by atoms with Gasteiger partial charge in [0, 0.05) is 106 Å². The number of furan rings is 1. The zero-order valence-corrected chi connectivity index (χ0v) is 87.0. The van der Waals surface area contributed by atoms with Crippen molar-refractivity contribution in [2.45, 2.75) is 130 Å². The van der Waals surface area contributed by atoms with Gasteiger partial charge in [-0.1, -0.05) is 150 Å². The second kappa shape index (κ2) is 41.6. The molecule has 20 rings (SSSR count). The first-order valence-electron chi connectivity index (χ1n) is 45.9. The Morgan fingerprint density at radius 2 is 1.05 bits per heavy atom. The highest BCUT2D eigenvalue weighted by Crippen LogP contribution is 2.52. The Bertz CT molecular complexity index is 7500. The van der Waals surface area contributed by atoms with Crippen LogP contribution in [0.15, 0.2) is 286 Å². The molecule has 0 bridgehead atoms. The molecule has 0 radical (unpaired) electrons. The maximum Gasteiger partial charge on any atom is 0.266 e. The summed E-state index contributed by atoms with van der Waals surface area (Å²) in [6.45, 7) is 10.6. The van der Waals surface area contributed by atoms with Crippen LogP contribution in [0.3, 0.4) is 0 Å². The summed E-state index contributed by atoms with van der Waals surface area (Å²) >= 11 is 26.1. The molecule has 6 atom stereocenters. The van der Waals surface area contributed by atoms with Crippen LogP contribution in [0.25, 0.3) is 44.3 Å². The van der Waals surface area contributed by atoms with Crippen molar-refractivity contribution in [1.82, 2.24) is 33.8 Å². The van der Waals surface area contributed by atoms with E-state index in [1.54, 1.807) is 76.4 Å². The number of carbonyl (C=O) groups excluding carboxylic acids is 5. The molecule has 37 heteroatoms. The van der Waals surface area contributed by atoms with Crippen molar-refractivity contribution >= 4 is 165 Å². The minimum absolute atomic E-state index is 0.00363. The number of nitriles is 2. The van der Waals surface area contributed by atoms with Crippen LogP contribution in [0.1, 0.15) is 149 Å². The number of carbonyl (C=O) groups is 5. The van der Waals surface area contributed by atoms with Gasteiger partial charge >= 0.3 is 0 Å². The Morgan fingerprint density at radius 3 is 1.56 bits per heavy atom. The Hall–Kier alpha value is -13.6. The van der Waals surface area contributed by atoms with Gasteiger partial charge in [-0.3, -0.25) is 53.5 Å². The van der Waals surface area contributed by atoms with Crippen molar-refractivity contribution in [1.29, 1.82) is 10.5 Å². The van der Waals surface area contributed by atoms with E-state index in [0.29, 0.717) is 47.0 Å². The topological polar surface area (TPSA) is 425 Å². The van der Waals surface area contributed by atoms with Crippen LogP contribution < -0.4 is 28.7 Å². The van der Waals surface area contributed by atoms with Crippen molar-refractivity contribution in [2.75, 3.05) is 47.8 Å². The van der Waals surface area contributed by atoms with E-state index in [9.17, 15) is 52.4 Å². The fourth-order valence-corrected chi connectivity index (χ4v) is 24.9. The highest BCUT2D eigenvalue weighted by molar-refractivity contribution is 9.10. The number of thiophene rings is 3. The average Bonchev–Trinajstić information content (AvgIpc) is 1.55. The van der Waals surface area contributed by atoms with Crippen LogP contribution in [0.2, 0.25) is 15.1 Å². The first-order chi connectivity index (χ1) is 68.5. The lowest BCUT2D eigenvalue weighted by molar-refractivity contribution is -0.131. The van der Waals surface area contributed by atoms with Crippen molar-refractivity contribution < 1.29 is 46.3 Å². The Kier molecular flexibility index (Phi) is 29.8. The minimum Gasteiger partial charge on any atom is -0.464 e. The van der Waals surface area contributed by atoms with Crippen LogP contribution >= 0.6 is 84.7 Å². The first kappa shape index (κ1) is 103. The van der Waals surface area contributed by atoms with Crippen LogP contribution in [-0.4, -0.2) is 154 Å². The van der Waals surface area contributed by atoms with Gasteiger partial charge in [-0.05, 0) is 263 Å². The van der Waals surface area contributed by atoms with Crippen molar-refractivity contribution in [3.8, 4) is 45.5 Å². The molecule has 2 fully saturated rings. The molecule has 11 heterocycles. The molecule has 11 N–H and O–H groups in total. The number of hydrogen-bond donors (Lipinski definition) is 6. The summed E-state index contributed by atoms with van der Waals surface area (Å²) in [6.07, 6.45) is 9.27. The fraction of sp³-hybridized carbons (Fsp3) is 0.262. The summed E-state index contributed by atoms with van der Waals surface area (Å²) in [5.74, 6) is -1.27. The molecule has 1 saturated heterocycles. The number of sulfonamides is 1. The average molecular weight is 2130 g/mol. The van der Waals surface area contributed by atoms with Gasteiger partial charge in [-0.15, -0.1) is 34.0 Å². The smallest absolute Gasteiger partial charge is 0.266 e. The van der Waals surface area contributed by atoms with E-state index in [-0.39, 0.29) is 94.7 Å². The number of nitrogens with zero attached hydrogens (tertiary/aromatic N) is 14. The van der Waals surface area contributed by atoms with E-state index in [1.165, 1.54) is 57.5 Å².